The molecule has 0 fully saturated rings. The van der Waals surface area contributed by atoms with Gasteiger partial charge < -0.3 is 0 Å². The van der Waals surface area contributed by atoms with Crippen LogP contribution in [-0.2, 0) is 0 Å². The van der Waals surface area contributed by atoms with Crippen molar-refractivity contribution in [2.24, 2.45) is 0 Å². The van der Waals surface area contributed by atoms with Gasteiger partial charge in [-0.2, -0.15) is 0 Å². The molecule has 0 amide bonds. The summed E-state index contributed by atoms with van der Waals surface area (Å²) in [5.41, 5.74) is 4.89. The van der Waals surface area contributed by atoms with Crippen LogP contribution in [0.4, 0.5) is 0 Å². The van der Waals surface area contributed by atoms with Gasteiger partial charge in [0.1, 0.15) is 0 Å². The van der Waals surface area contributed by atoms with Crippen LogP contribution >= 0.6 is 0 Å². The van der Waals surface area contributed by atoms with Gasteiger partial charge in [-0.1, -0.05) is 127 Å². The Labute approximate surface area is 177 Å². The molecule has 0 spiro atoms. The van der Waals surface area contributed by atoms with Crippen molar-refractivity contribution in [2.75, 3.05) is 0 Å². The second kappa shape index (κ2) is 8.23. The highest BCUT2D eigenvalue weighted by Gasteiger charge is 2.04. The molecule has 142 valence electrons. The van der Waals surface area contributed by atoms with Gasteiger partial charge in [0.2, 0.25) is 0 Å². The molecule has 0 bridgehead atoms. The lowest BCUT2D eigenvalue weighted by molar-refractivity contribution is 1.62. The summed E-state index contributed by atoms with van der Waals surface area (Å²) in [6, 6.07) is 38.6. The van der Waals surface area contributed by atoms with E-state index in [0.29, 0.717) is 0 Å². The molecule has 5 rings (SSSR count). The van der Waals surface area contributed by atoms with Crippen LogP contribution in [0.3, 0.4) is 0 Å². The first-order valence-corrected chi connectivity index (χ1v) is 10.3. The normalized spacial score (nSPS) is 11.7. The Morgan fingerprint density at radius 2 is 0.800 bits per heavy atom. The minimum atomic E-state index is 1.20. The summed E-state index contributed by atoms with van der Waals surface area (Å²) < 4.78 is 0. The minimum absolute atomic E-state index is 1.20. The standard InChI is InChI=1S/C30H22/c1-2-8-23(9-3-1)14-15-24-16-18-25(19-17-24)20-21-30-28-12-6-4-10-26(28)22-27-11-5-7-13-29(27)30/h1-22H. The number of hydrogen-bond acceptors (Lipinski definition) is 0. The number of rotatable bonds is 4. The topological polar surface area (TPSA) is 0 Å². The Morgan fingerprint density at radius 1 is 0.367 bits per heavy atom. The molecule has 0 aliphatic heterocycles. The number of fused-ring (bicyclic) bond motifs is 2. The van der Waals surface area contributed by atoms with E-state index in [4.69, 9.17) is 0 Å². The fourth-order valence-electron chi connectivity index (χ4n) is 3.88. The van der Waals surface area contributed by atoms with Gasteiger partial charge in [0.05, 0.1) is 0 Å². The van der Waals surface area contributed by atoms with Crippen molar-refractivity contribution in [1.82, 2.24) is 0 Å². The maximum atomic E-state index is 2.27. The lowest BCUT2D eigenvalue weighted by Crippen LogP contribution is -1.83. The van der Waals surface area contributed by atoms with Crippen LogP contribution in [0.2, 0.25) is 0 Å². The highest BCUT2D eigenvalue weighted by atomic mass is 14.1. The monoisotopic (exact) mass is 382 g/mol. The summed E-state index contributed by atoms with van der Waals surface area (Å²) in [5, 5.41) is 5.12. The first-order valence-electron chi connectivity index (χ1n) is 10.3. The van der Waals surface area contributed by atoms with Gasteiger partial charge in [-0.3, -0.25) is 0 Å². The first-order chi connectivity index (χ1) is 14.9. The molecule has 30 heavy (non-hydrogen) atoms. The zero-order chi connectivity index (χ0) is 20.2. The summed E-state index contributed by atoms with van der Waals surface area (Å²) in [5.74, 6) is 0. The van der Waals surface area contributed by atoms with E-state index in [-0.39, 0.29) is 0 Å². The van der Waals surface area contributed by atoms with Gasteiger partial charge >= 0.3 is 0 Å². The molecule has 0 aliphatic carbocycles. The molecule has 5 aromatic rings. The van der Waals surface area contributed by atoms with Crippen molar-refractivity contribution in [3.05, 3.63) is 131 Å². The smallest absolute Gasteiger partial charge is 0.00992 e. The maximum absolute atomic E-state index is 2.27. The van der Waals surface area contributed by atoms with E-state index in [1.165, 1.54) is 43.8 Å². The third kappa shape index (κ3) is 3.81. The first kappa shape index (κ1) is 18.1. The molecule has 0 heteroatoms. The molecule has 0 radical (unpaired) electrons. The minimum Gasteiger partial charge on any atom is -0.0622 e. The van der Waals surface area contributed by atoms with Gasteiger partial charge in [0, 0.05) is 0 Å². The predicted octanol–water partition coefficient (Wildman–Crippen LogP) is 8.33. The quantitative estimate of drug-likeness (QED) is 0.216. The van der Waals surface area contributed by atoms with Crippen LogP contribution in [0.1, 0.15) is 22.3 Å². The summed E-state index contributed by atoms with van der Waals surface area (Å²) in [7, 11) is 0. The summed E-state index contributed by atoms with van der Waals surface area (Å²) >= 11 is 0. The van der Waals surface area contributed by atoms with E-state index in [1.54, 1.807) is 0 Å². The van der Waals surface area contributed by atoms with Crippen LogP contribution in [0, 0.1) is 0 Å². The average molecular weight is 383 g/mol. The third-order valence-corrected chi connectivity index (χ3v) is 5.46. The van der Waals surface area contributed by atoms with Crippen molar-refractivity contribution in [3.63, 3.8) is 0 Å². The lowest BCUT2D eigenvalue weighted by Gasteiger charge is -2.08. The Morgan fingerprint density at radius 3 is 1.37 bits per heavy atom. The van der Waals surface area contributed by atoms with Crippen LogP contribution in [0.15, 0.2) is 109 Å². The molecule has 5 aromatic carbocycles. The lowest BCUT2D eigenvalue weighted by atomic mass is 9.96. The Bertz CT molecular complexity index is 1300. The molecule has 0 aliphatic rings. The van der Waals surface area contributed by atoms with Gasteiger partial charge in [-0.05, 0) is 49.9 Å². The molecule has 0 heterocycles. The average Bonchev–Trinajstić information content (AvgIpc) is 2.82. The van der Waals surface area contributed by atoms with Crippen molar-refractivity contribution < 1.29 is 0 Å². The van der Waals surface area contributed by atoms with Crippen LogP contribution < -0.4 is 0 Å². The fourth-order valence-corrected chi connectivity index (χ4v) is 3.88. The van der Waals surface area contributed by atoms with Crippen molar-refractivity contribution in [2.45, 2.75) is 0 Å². The molecule has 0 atom stereocenters. The molecule has 0 unspecified atom stereocenters. The second-order valence-corrected chi connectivity index (χ2v) is 7.48. The summed E-state index contributed by atoms with van der Waals surface area (Å²) in [4.78, 5) is 0. The maximum Gasteiger partial charge on any atom is -0.00992 e. The van der Waals surface area contributed by atoms with Crippen LogP contribution in [0.5, 0.6) is 0 Å². The molecule has 0 saturated carbocycles. The van der Waals surface area contributed by atoms with Crippen molar-refractivity contribution in [3.8, 4) is 0 Å². The molecule has 0 saturated heterocycles. The van der Waals surface area contributed by atoms with E-state index < -0.39 is 0 Å². The van der Waals surface area contributed by atoms with Crippen molar-refractivity contribution in [1.29, 1.82) is 0 Å². The van der Waals surface area contributed by atoms with E-state index in [2.05, 4.69) is 127 Å². The van der Waals surface area contributed by atoms with Gasteiger partial charge in [0.15, 0.2) is 0 Å². The van der Waals surface area contributed by atoms with Gasteiger partial charge in [-0.15, -0.1) is 0 Å². The van der Waals surface area contributed by atoms with Crippen LogP contribution in [0.25, 0.3) is 45.8 Å². The largest absolute Gasteiger partial charge is 0.0622 e. The summed E-state index contributed by atoms with van der Waals surface area (Å²) in [6.45, 7) is 0. The zero-order valence-corrected chi connectivity index (χ0v) is 16.7. The molecule has 0 N–H and O–H groups in total. The van der Waals surface area contributed by atoms with Gasteiger partial charge in [0.25, 0.3) is 0 Å². The molecule has 0 nitrogen and oxygen atoms in total. The number of benzene rings is 5. The third-order valence-electron chi connectivity index (χ3n) is 5.46. The fraction of sp³-hybridized carbons (Fsp3) is 0. The van der Waals surface area contributed by atoms with Crippen molar-refractivity contribution >= 4 is 45.8 Å². The second-order valence-electron chi connectivity index (χ2n) is 7.48. The highest BCUT2D eigenvalue weighted by molar-refractivity contribution is 6.07. The molecule has 0 aromatic heterocycles. The van der Waals surface area contributed by atoms with E-state index in [9.17, 15) is 0 Å². The predicted molar refractivity (Wildman–Crippen MR) is 132 cm³/mol. The Kier molecular flexibility index (Phi) is 4.98. The zero-order valence-electron chi connectivity index (χ0n) is 16.7. The highest BCUT2D eigenvalue weighted by Crippen LogP contribution is 2.30. The molecular weight excluding hydrogens is 360 g/mol. The van der Waals surface area contributed by atoms with E-state index >= 15 is 0 Å². The Hall–Kier alpha value is -3.90. The van der Waals surface area contributed by atoms with E-state index in [1.807, 2.05) is 6.07 Å². The SMILES string of the molecule is C(=Cc1ccc(C=Cc2c3ccccc3cc3ccccc23)cc1)c1ccccc1. The summed E-state index contributed by atoms with van der Waals surface area (Å²) in [6.07, 6.45) is 8.76. The molecular formula is C30H22. The van der Waals surface area contributed by atoms with Gasteiger partial charge in [-0.25, -0.2) is 0 Å². The number of hydrogen-bond donors (Lipinski definition) is 0. The Balaban J connectivity index is 1.46. The van der Waals surface area contributed by atoms with E-state index in [0.717, 1.165) is 0 Å². The van der Waals surface area contributed by atoms with Crippen LogP contribution in [-0.4, -0.2) is 0 Å².